The second kappa shape index (κ2) is 10.1. The van der Waals surface area contributed by atoms with Gasteiger partial charge in [0, 0.05) is 24.8 Å². The third-order valence-corrected chi connectivity index (χ3v) is 4.81. The van der Waals surface area contributed by atoms with Gasteiger partial charge in [0.25, 0.3) is 0 Å². The Morgan fingerprint density at radius 3 is 2.24 bits per heavy atom. The van der Waals surface area contributed by atoms with Gasteiger partial charge in [0.1, 0.15) is 6.04 Å². The quantitative estimate of drug-likeness (QED) is 0.756. The molecule has 2 aromatic rings. The number of hydrogen-bond donors (Lipinski definition) is 2. The van der Waals surface area contributed by atoms with E-state index in [-0.39, 0.29) is 24.3 Å². The Morgan fingerprint density at radius 2 is 1.62 bits per heavy atom. The van der Waals surface area contributed by atoms with Gasteiger partial charge in [-0.15, -0.1) is 0 Å². The molecular weight excluding hydrogens is 366 g/mol. The van der Waals surface area contributed by atoms with Crippen LogP contribution in [0, 0.1) is 0 Å². The Labute approximate surface area is 172 Å². The number of nitrogens with one attached hydrogen (secondary N) is 2. The molecule has 6 nitrogen and oxygen atoms in total. The largest absolute Gasteiger partial charge is 0.378 e. The maximum absolute atomic E-state index is 12.7. The van der Waals surface area contributed by atoms with Crippen molar-refractivity contribution in [1.29, 1.82) is 0 Å². The van der Waals surface area contributed by atoms with Gasteiger partial charge < -0.3 is 20.3 Å². The molecule has 29 heavy (non-hydrogen) atoms. The number of ether oxygens (including phenoxy) is 1. The predicted octanol–water partition coefficient (Wildman–Crippen LogP) is 2.45. The van der Waals surface area contributed by atoms with Crippen molar-refractivity contribution < 1.29 is 14.3 Å². The molecule has 0 aliphatic carbocycles. The summed E-state index contributed by atoms with van der Waals surface area (Å²) in [6.45, 7) is 7.04. The number of anilines is 1. The van der Waals surface area contributed by atoms with Crippen LogP contribution in [0.4, 0.5) is 5.69 Å². The number of nitrogens with zero attached hydrogens (tertiary/aromatic N) is 1. The zero-order valence-corrected chi connectivity index (χ0v) is 17.1. The number of rotatable bonds is 7. The van der Waals surface area contributed by atoms with E-state index in [2.05, 4.69) is 15.5 Å². The second-order valence-corrected chi connectivity index (χ2v) is 7.52. The average molecular weight is 396 g/mol. The molecular formula is C23H29N3O3. The molecule has 1 aliphatic heterocycles. The summed E-state index contributed by atoms with van der Waals surface area (Å²) in [5, 5.41) is 5.77. The van der Waals surface area contributed by atoms with E-state index >= 15 is 0 Å². The number of benzene rings is 2. The van der Waals surface area contributed by atoms with Crippen molar-refractivity contribution in [3.8, 4) is 0 Å². The summed E-state index contributed by atoms with van der Waals surface area (Å²) in [6, 6.07) is 16.6. The van der Waals surface area contributed by atoms with Crippen molar-refractivity contribution in [2.75, 3.05) is 31.2 Å². The van der Waals surface area contributed by atoms with Crippen LogP contribution in [0.15, 0.2) is 54.6 Å². The first-order chi connectivity index (χ1) is 14.0. The lowest BCUT2D eigenvalue weighted by atomic mass is 10.0. The lowest BCUT2D eigenvalue weighted by molar-refractivity contribution is -0.129. The number of carbonyl (C=O) groups is 2. The lowest BCUT2D eigenvalue weighted by Gasteiger charge is -2.28. The van der Waals surface area contributed by atoms with E-state index < -0.39 is 6.04 Å². The topological polar surface area (TPSA) is 70.7 Å². The van der Waals surface area contributed by atoms with E-state index in [0.717, 1.165) is 43.1 Å². The minimum atomic E-state index is -0.710. The highest BCUT2D eigenvalue weighted by molar-refractivity contribution is 5.89. The Kier molecular flexibility index (Phi) is 7.25. The highest BCUT2D eigenvalue weighted by Gasteiger charge is 2.23. The summed E-state index contributed by atoms with van der Waals surface area (Å²) in [7, 11) is 0. The van der Waals surface area contributed by atoms with Crippen molar-refractivity contribution in [2.45, 2.75) is 32.4 Å². The van der Waals surface area contributed by atoms with Gasteiger partial charge in [-0.1, -0.05) is 42.5 Å². The SMILES string of the molecule is CC(C)NC(=O)C(NC(=O)Cc1ccc(N2CCOCC2)cc1)c1ccccc1. The van der Waals surface area contributed by atoms with Crippen molar-refractivity contribution in [3.63, 3.8) is 0 Å². The summed E-state index contributed by atoms with van der Waals surface area (Å²) in [6.07, 6.45) is 0.224. The molecule has 1 heterocycles. The van der Waals surface area contributed by atoms with Crippen LogP contribution in [0.3, 0.4) is 0 Å². The average Bonchev–Trinajstić information content (AvgIpc) is 2.73. The van der Waals surface area contributed by atoms with E-state index in [1.54, 1.807) is 0 Å². The van der Waals surface area contributed by atoms with Crippen molar-refractivity contribution in [3.05, 3.63) is 65.7 Å². The van der Waals surface area contributed by atoms with E-state index in [9.17, 15) is 9.59 Å². The first kappa shape index (κ1) is 20.9. The molecule has 2 N–H and O–H groups in total. The second-order valence-electron chi connectivity index (χ2n) is 7.52. The highest BCUT2D eigenvalue weighted by atomic mass is 16.5. The molecule has 1 atom stereocenters. The normalized spacial score (nSPS) is 15.1. The molecule has 154 valence electrons. The Morgan fingerprint density at radius 1 is 0.966 bits per heavy atom. The Bertz CT molecular complexity index is 800. The maximum atomic E-state index is 12.7. The molecule has 1 fully saturated rings. The monoisotopic (exact) mass is 395 g/mol. The summed E-state index contributed by atoms with van der Waals surface area (Å²) >= 11 is 0. The summed E-state index contributed by atoms with van der Waals surface area (Å²) < 4.78 is 5.39. The molecule has 1 unspecified atom stereocenters. The van der Waals surface area contributed by atoms with Gasteiger partial charge >= 0.3 is 0 Å². The molecule has 2 amide bonds. The molecule has 3 rings (SSSR count). The molecule has 2 aromatic carbocycles. The third-order valence-electron chi connectivity index (χ3n) is 4.81. The molecule has 0 spiro atoms. The van der Waals surface area contributed by atoms with Gasteiger partial charge in [-0.25, -0.2) is 0 Å². The van der Waals surface area contributed by atoms with Crippen LogP contribution in [-0.2, 0) is 20.7 Å². The van der Waals surface area contributed by atoms with E-state index in [4.69, 9.17) is 4.74 Å². The number of morpholine rings is 1. The fourth-order valence-corrected chi connectivity index (χ4v) is 3.36. The molecule has 6 heteroatoms. The third kappa shape index (κ3) is 6.06. The van der Waals surface area contributed by atoms with Crippen LogP contribution >= 0.6 is 0 Å². The van der Waals surface area contributed by atoms with Crippen LogP contribution in [0.25, 0.3) is 0 Å². The lowest BCUT2D eigenvalue weighted by Crippen LogP contribution is -2.43. The standard InChI is InChI=1S/C23H29N3O3/c1-17(2)24-23(28)22(19-6-4-3-5-7-19)25-21(27)16-18-8-10-20(11-9-18)26-12-14-29-15-13-26/h3-11,17,22H,12-16H2,1-2H3,(H,24,28)(H,25,27). The summed E-state index contributed by atoms with van der Waals surface area (Å²) in [4.78, 5) is 27.5. The maximum Gasteiger partial charge on any atom is 0.247 e. The molecule has 1 saturated heterocycles. The van der Waals surface area contributed by atoms with Gasteiger partial charge in [-0.05, 0) is 37.1 Å². The van der Waals surface area contributed by atoms with Crippen LogP contribution < -0.4 is 15.5 Å². The van der Waals surface area contributed by atoms with Gasteiger partial charge in [0.05, 0.1) is 19.6 Å². The Hall–Kier alpha value is -2.86. The van der Waals surface area contributed by atoms with Crippen molar-refractivity contribution in [2.24, 2.45) is 0 Å². The molecule has 0 aromatic heterocycles. The molecule has 1 aliphatic rings. The molecule has 0 radical (unpaired) electrons. The van der Waals surface area contributed by atoms with Crippen molar-refractivity contribution >= 4 is 17.5 Å². The Balaban J connectivity index is 1.64. The number of amides is 2. The highest BCUT2D eigenvalue weighted by Crippen LogP contribution is 2.18. The van der Waals surface area contributed by atoms with Gasteiger partial charge in [0.2, 0.25) is 11.8 Å². The van der Waals surface area contributed by atoms with Crippen LogP contribution in [0.2, 0.25) is 0 Å². The minimum absolute atomic E-state index is 0.00153. The number of hydrogen-bond acceptors (Lipinski definition) is 4. The first-order valence-electron chi connectivity index (χ1n) is 10.1. The van der Waals surface area contributed by atoms with Crippen LogP contribution in [-0.4, -0.2) is 44.2 Å². The smallest absolute Gasteiger partial charge is 0.247 e. The zero-order chi connectivity index (χ0) is 20.6. The van der Waals surface area contributed by atoms with Gasteiger partial charge in [0.15, 0.2) is 0 Å². The van der Waals surface area contributed by atoms with Crippen LogP contribution in [0.5, 0.6) is 0 Å². The van der Waals surface area contributed by atoms with E-state index in [0.29, 0.717) is 0 Å². The predicted molar refractivity (Wildman–Crippen MR) is 114 cm³/mol. The molecule has 0 saturated carbocycles. The summed E-state index contributed by atoms with van der Waals surface area (Å²) in [5.74, 6) is -0.390. The summed E-state index contributed by atoms with van der Waals surface area (Å²) in [5.41, 5.74) is 2.81. The molecule has 0 bridgehead atoms. The van der Waals surface area contributed by atoms with Gasteiger partial charge in [-0.2, -0.15) is 0 Å². The van der Waals surface area contributed by atoms with E-state index in [1.165, 1.54) is 0 Å². The van der Waals surface area contributed by atoms with Gasteiger partial charge in [-0.3, -0.25) is 9.59 Å². The zero-order valence-electron chi connectivity index (χ0n) is 17.1. The fourth-order valence-electron chi connectivity index (χ4n) is 3.36. The van der Waals surface area contributed by atoms with Crippen LogP contribution in [0.1, 0.15) is 31.0 Å². The van der Waals surface area contributed by atoms with Crippen molar-refractivity contribution in [1.82, 2.24) is 10.6 Å². The fraction of sp³-hybridized carbons (Fsp3) is 0.391. The first-order valence-corrected chi connectivity index (χ1v) is 10.1. The van der Waals surface area contributed by atoms with E-state index in [1.807, 2.05) is 68.4 Å². The number of carbonyl (C=O) groups excluding carboxylic acids is 2. The minimum Gasteiger partial charge on any atom is -0.378 e.